The van der Waals surface area contributed by atoms with Gasteiger partial charge in [0.1, 0.15) is 5.75 Å². The molecule has 2 aromatic rings. The van der Waals surface area contributed by atoms with E-state index in [1.54, 1.807) is 12.1 Å². The van der Waals surface area contributed by atoms with Crippen molar-refractivity contribution in [2.24, 2.45) is 4.99 Å². The summed E-state index contributed by atoms with van der Waals surface area (Å²) >= 11 is 0. The number of aliphatic imine (C=N–C) groups is 1. The van der Waals surface area contributed by atoms with Gasteiger partial charge in [-0.2, -0.15) is 0 Å². The van der Waals surface area contributed by atoms with Crippen molar-refractivity contribution < 1.29 is 5.11 Å². The van der Waals surface area contributed by atoms with Crippen LogP contribution in [0.5, 0.6) is 5.75 Å². The predicted octanol–water partition coefficient (Wildman–Crippen LogP) is 3.22. The van der Waals surface area contributed by atoms with E-state index >= 15 is 0 Å². The smallest absolute Gasteiger partial charge is 0.194 e. The highest BCUT2D eigenvalue weighted by atomic mass is 127. The fourth-order valence-corrected chi connectivity index (χ4v) is 1.90. The average Bonchev–Trinajstić information content (AvgIpc) is 2.49. The Kier molecular flexibility index (Phi) is 7.73. The SMILES string of the molecule is CN(C)C(=NCc1ccccc1)NCc1ccc(O)cc1.I. The molecule has 0 fully saturated rings. The van der Waals surface area contributed by atoms with Crippen LogP contribution in [-0.2, 0) is 13.1 Å². The van der Waals surface area contributed by atoms with E-state index in [4.69, 9.17) is 0 Å². The fraction of sp³-hybridized carbons (Fsp3) is 0.235. The maximum Gasteiger partial charge on any atom is 0.194 e. The second kappa shape index (κ2) is 9.30. The van der Waals surface area contributed by atoms with Gasteiger partial charge >= 0.3 is 0 Å². The normalized spacial score (nSPS) is 10.7. The first-order valence-electron chi connectivity index (χ1n) is 6.92. The molecular formula is C17H22IN3O. The molecule has 0 spiro atoms. The second-order valence-electron chi connectivity index (χ2n) is 5.04. The summed E-state index contributed by atoms with van der Waals surface area (Å²) in [5.74, 6) is 1.12. The first-order valence-corrected chi connectivity index (χ1v) is 6.92. The summed E-state index contributed by atoms with van der Waals surface area (Å²) in [7, 11) is 3.93. The lowest BCUT2D eigenvalue weighted by molar-refractivity contribution is 0.475. The molecule has 0 aliphatic carbocycles. The number of hydrogen-bond donors (Lipinski definition) is 2. The summed E-state index contributed by atoms with van der Waals surface area (Å²) in [5, 5.41) is 12.6. The van der Waals surface area contributed by atoms with E-state index in [0.29, 0.717) is 13.1 Å². The van der Waals surface area contributed by atoms with Gasteiger partial charge in [-0.3, -0.25) is 0 Å². The van der Waals surface area contributed by atoms with Crippen molar-refractivity contribution in [3.8, 4) is 5.75 Å². The van der Waals surface area contributed by atoms with Crippen molar-refractivity contribution in [2.75, 3.05) is 14.1 Å². The van der Waals surface area contributed by atoms with E-state index in [-0.39, 0.29) is 29.7 Å². The van der Waals surface area contributed by atoms with Crippen LogP contribution in [0.3, 0.4) is 0 Å². The van der Waals surface area contributed by atoms with Crippen molar-refractivity contribution in [1.82, 2.24) is 10.2 Å². The minimum absolute atomic E-state index is 0. The highest BCUT2D eigenvalue weighted by molar-refractivity contribution is 14.0. The number of aromatic hydroxyl groups is 1. The van der Waals surface area contributed by atoms with Crippen LogP contribution in [0, 0.1) is 0 Å². The van der Waals surface area contributed by atoms with E-state index in [2.05, 4.69) is 22.4 Å². The molecule has 0 aromatic heterocycles. The van der Waals surface area contributed by atoms with E-state index in [0.717, 1.165) is 11.5 Å². The number of benzene rings is 2. The van der Waals surface area contributed by atoms with Gasteiger partial charge in [-0.1, -0.05) is 42.5 Å². The maximum absolute atomic E-state index is 9.28. The van der Waals surface area contributed by atoms with Gasteiger partial charge in [-0.25, -0.2) is 4.99 Å². The molecule has 0 unspecified atom stereocenters. The first-order chi connectivity index (χ1) is 10.1. The molecule has 0 aliphatic rings. The lowest BCUT2D eigenvalue weighted by Gasteiger charge is -2.17. The molecule has 4 nitrogen and oxygen atoms in total. The second-order valence-corrected chi connectivity index (χ2v) is 5.04. The number of nitrogens with one attached hydrogen (secondary N) is 1. The summed E-state index contributed by atoms with van der Waals surface area (Å²) in [5.41, 5.74) is 2.28. The largest absolute Gasteiger partial charge is 0.508 e. The summed E-state index contributed by atoms with van der Waals surface area (Å²) in [4.78, 5) is 6.57. The van der Waals surface area contributed by atoms with Gasteiger partial charge in [0, 0.05) is 20.6 Å². The summed E-state index contributed by atoms with van der Waals surface area (Å²) in [6.07, 6.45) is 0. The number of phenols is 1. The molecule has 0 amide bonds. The van der Waals surface area contributed by atoms with Crippen LogP contribution in [0.4, 0.5) is 0 Å². The monoisotopic (exact) mass is 411 g/mol. The Morgan fingerprint density at radius 1 is 1.00 bits per heavy atom. The molecule has 0 aliphatic heterocycles. The van der Waals surface area contributed by atoms with E-state index in [9.17, 15) is 5.11 Å². The van der Waals surface area contributed by atoms with Gasteiger partial charge in [0.2, 0.25) is 0 Å². The Hall–Kier alpha value is -1.76. The van der Waals surface area contributed by atoms with Crippen LogP contribution < -0.4 is 5.32 Å². The van der Waals surface area contributed by atoms with Crippen LogP contribution in [0.15, 0.2) is 59.6 Å². The van der Waals surface area contributed by atoms with Crippen LogP contribution in [0.25, 0.3) is 0 Å². The van der Waals surface area contributed by atoms with E-state index < -0.39 is 0 Å². The fourth-order valence-electron chi connectivity index (χ4n) is 1.90. The van der Waals surface area contributed by atoms with Gasteiger partial charge in [0.15, 0.2) is 5.96 Å². The Labute approximate surface area is 148 Å². The molecule has 2 N–H and O–H groups in total. The van der Waals surface area contributed by atoms with E-state index in [1.807, 2.05) is 49.3 Å². The minimum Gasteiger partial charge on any atom is -0.508 e. The molecule has 0 atom stereocenters. The van der Waals surface area contributed by atoms with Crippen LogP contribution >= 0.6 is 24.0 Å². The number of phenolic OH excluding ortho intramolecular Hbond substituents is 1. The molecule has 118 valence electrons. The van der Waals surface area contributed by atoms with Gasteiger partial charge in [0.05, 0.1) is 6.54 Å². The zero-order valence-electron chi connectivity index (χ0n) is 12.9. The van der Waals surface area contributed by atoms with Gasteiger partial charge in [0.25, 0.3) is 0 Å². The molecular weight excluding hydrogens is 389 g/mol. The third-order valence-corrected chi connectivity index (χ3v) is 3.06. The number of nitrogens with zero attached hydrogens (tertiary/aromatic N) is 2. The number of hydrogen-bond acceptors (Lipinski definition) is 2. The van der Waals surface area contributed by atoms with E-state index in [1.165, 1.54) is 5.56 Å². The predicted molar refractivity (Wildman–Crippen MR) is 102 cm³/mol. The van der Waals surface area contributed by atoms with Crippen LogP contribution in [-0.4, -0.2) is 30.1 Å². The molecule has 22 heavy (non-hydrogen) atoms. The first kappa shape index (κ1) is 18.3. The summed E-state index contributed by atoms with van der Waals surface area (Å²) in [6, 6.07) is 17.3. The highest BCUT2D eigenvalue weighted by Crippen LogP contribution is 2.09. The molecule has 0 saturated heterocycles. The summed E-state index contributed by atoms with van der Waals surface area (Å²) in [6.45, 7) is 1.32. The lowest BCUT2D eigenvalue weighted by atomic mass is 10.2. The Bertz CT molecular complexity index is 583. The maximum atomic E-state index is 9.28. The molecule has 0 bridgehead atoms. The lowest BCUT2D eigenvalue weighted by Crippen LogP contribution is -2.36. The number of rotatable bonds is 4. The van der Waals surface area contributed by atoms with Gasteiger partial charge in [-0.15, -0.1) is 24.0 Å². The Balaban J connectivity index is 0.00000242. The Morgan fingerprint density at radius 2 is 1.64 bits per heavy atom. The van der Waals surface area contributed by atoms with Crippen molar-refractivity contribution in [1.29, 1.82) is 0 Å². The summed E-state index contributed by atoms with van der Waals surface area (Å²) < 4.78 is 0. The molecule has 0 radical (unpaired) electrons. The highest BCUT2D eigenvalue weighted by Gasteiger charge is 2.02. The molecule has 0 heterocycles. The van der Waals surface area contributed by atoms with Crippen molar-refractivity contribution in [3.63, 3.8) is 0 Å². The Morgan fingerprint density at radius 3 is 2.23 bits per heavy atom. The van der Waals surface area contributed by atoms with Crippen molar-refractivity contribution in [2.45, 2.75) is 13.1 Å². The number of halogens is 1. The van der Waals surface area contributed by atoms with Crippen molar-refractivity contribution >= 4 is 29.9 Å². The van der Waals surface area contributed by atoms with Crippen LogP contribution in [0.1, 0.15) is 11.1 Å². The van der Waals surface area contributed by atoms with Gasteiger partial charge in [-0.05, 0) is 23.3 Å². The molecule has 2 rings (SSSR count). The third kappa shape index (κ3) is 5.93. The minimum atomic E-state index is 0. The molecule has 5 heteroatoms. The van der Waals surface area contributed by atoms with Crippen molar-refractivity contribution in [3.05, 3.63) is 65.7 Å². The number of guanidine groups is 1. The standard InChI is InChI=1S/C17H21N3O.HI/c1-20(2)17(18-12-14-6-4-3-5-7-14)19-13-15-8-10-16(21)11-9-15;/h3-11,21H,12-13H2,1-2H3,(H,18,19);1H. The zero-order valence-corrected chi connectivity index (χ0v) is 15.2. The third-order valence-electron chi connectivity index (χ3n) is 3.06. The molecule has 2 aromatic carbocycles. The average molecular weight is 411 g/mol. The quantitative estimate of drug-likeness (QED) is 0.462. The topological polar surface area (TPSA) is 47.9 Å². The van der Waals surface area contributed by atoms with Crippen LogP contribution in [0.2, 0.25) is 0 Å². The van der Waals surface area contributed by atoms with Gasteiger partial charge < -0.3 is 15.3 Å². The molecule has 0 saturated carbocycles. The zero-order chi connectivity index (χ0) is 15.1.